The highest BCUT2D eigenvalue weighted by Gasteiger charge is 2.39. The minimum atomic E-state index is -0.929. The van der Waals surface area contributed by atoms with Gasteiger partial charge in [-0.15, -0.1) is 11.3 Å². The van der Waals surface area contributed by atoms with Gasteiger partial charge in [-0.2, -0.15) is 0 Å². The Hall–Kier alpha value is -0.550. The van der Waals surface area contributed by atoms with E-state index >= 15 is 0 Å². The molecule has 0 bridgehead atoms. The van der Waals surface area contributed by atoms with Crippen LogP contribution in [-0.4, -0.2) is 17.2 Å². The third-order valence-corrected chi connectivity index (χ3v) is 3.64. The number of rotatable bonds is 2. The summed E-state index contributed by atoms with van der Waals surface area (Å²) in [5.41, 5.74) is 1.23. The largest absolute Gasteiger partial charge is 0.465 e. The second kappa shape index (κ2) is 3.31. The maximum absolute atomic E-state index is 10.3. The molecule has 5 heteroatoms. The maximum Gasteiger partial charge on any atom is 0.404 e. The second-order valence-corrected chi connectivity index (χ2v) is 5.37. The van der Waals surface area contributed by atoms with Crippen LogP contribution in [0.4, 0.5) is 4.79 Å². The first-order valence-electron chi connectivity index (χ1n) is 3.90. The fraction of sp³-hybridized carbons (Fsp3) is 0.375. The zero-order valence-corrected chi connectivity index (χ0v) is 9.06. The zero-order valence-electron chi connectivity index (χ0n) is 6.66. The molecule has 1 saturated carbocycles. The normalized spacial score (nSPS) is 25.6. The van der Waals surface area contributed by atoms with E-state index < -0.39 is 6.09 Å². The molecule has 1 aromatic rings. The second-order valence-electron chi connectivity index (χ2n) is 3.08. The molecule has 1 aliphatic rings. The summed E-state index contributed by atoms with van der Waals surface area (Å²) in [4.78, 5) is 10.3. The van der Waals surface area contributed by atoms with Gasteiger partial charge in [-0.1, -0.05) is 0 Å². The van der Waals surface area contributed by atoms with Gasteiger partial charge < -0.3 is 10.4 Å². The van der Waals surface area contributed by atoms with Crippen molar-refractivity contribution < 1.29 is 9.90 Å². The standard InChI is InChI=1S/C8H8BrNO2S/c9-7-1-4(3-13-7)5-2-6(5)10-8(11)12/h1,3,5-6,10H,2H2,(H,11,12). The van der Waals surface area contributed by atoms with Crippen LogP contribution in [0.25, 0.3) is 0 Å². The van der Waals surface area contributed by atoms with Crippen LogP contribution >= 0.6 is 27.3 Å². The SMILES string of the molecule is O=C(O)NC1CC1c1csc(Br)c1. The van der Waals surface area contributed by atoms with E-state index in [1.807, 2.05) is 0 Å². The van der Waals surface area contributed by atoms with Crippen molar-refractivity contribution in [2.75, 3.05) is 0 Å². The van der Waals surface area contributed by atoms with Crippen LogP contribution in [0.2, 0.25) is 0 Å². The summed E-state index contributed by atoms with van der Waals surface area (Å²) in [5, 5.41) is 13.0. The Bertz CT molecular complexity index is 339. The van der Waals surface area contributed by atoms with Crippen molar-refractivity contribution in [2.24, 2.45) is 0 Å². The molecule has 0 spiro atoms. The highest BCUT2D eigenvalue weighted by Crippen LogP contribution is 2.43. The van der Waals surface area contributed by atoms with E-state index in [1.54, 1.807) is 11.3 Å². The van der Waals surface area contributed by atoms with Crippen molar-refractivity contribution >= 4 is 33.4 Å². The Morgan fingerprint density at radius 3 is 3.08 bits per heavy atom. The molecule has 2 unspecified atom stereocenters. The fourth-order valence-corrected chi connectivity index (χ4v) is 2.64. The van der Waals surface area contributed by atoms with Gasteiger partial charge in [-0.05, 0) is 39.4 Å². The molecule has 1 amide bonds. The van der Waals surface area contributed by atoms with Crippen LogP contribution in [-0.2, 0) is 0 Å². The molecule has 3 nitrogen and oxygen atoms in total. The molecule has 1 aromatic heterocycles. The van der Waals surface area contributed by atoms with Crippen LogP contribution in [0.3, 0.4) is 0 Å². The third kappa shape index (κ3) is 2.03. The average molecular weight is 262 g/mol. The van der Waals surface area contributed by atoms with Gasteiger partial charge >= 0.3 is 6.09 Å². The first kappa shape index (κ1) is 9.02. The molecule has 1 heterocycles. The number of hydrogen-bond acceptors (Lipinski definition) is 2. The van der Waals surface area contributed by atoms with Gasteiger partial charge in [0.05, 0.1) is 3.79 Å². The smallest absolute Gasteiger partial charge is 0.404 e. The monoisotopic (exact) mass is 261 g/mol. The molecule has 1 fully saturated rings. The first-order chi connectivity index (χ1) is 6.16. The van der Waals surface area contributed by atoms with Gasteiger partial charge in [-0.25, -0.2) is 4.79 Å². The molecule has 2 N–H and O–H groups in total. The summed E-state index contributed by atoms with van der Waals surface area (Å²) >= 11 is 5.02. The van der Waals surface area contributed by atoms with Crippen molar-refractivity contribution in [3.63, 3.8) is 0 Å². The average Bonchev–Trinajstić information content (AvgIpc) is 2.63. The van der Waals surface area contributed by atoms with Crippen molar-refractivity contribution in [3.8, 4) is 0 Å². The Morgan fingerprint density at radius 1 is 1.77 bits per heavy atom. The van der Waals surface area contributed by atoms with Crippen molar-refractivity contribution in [1.29, 1.82) is 0 Å². The van der Waals surface area contributed by atoms with Gasteiger partial charge in [0.2, 0.25) is 0 Å². The Kier molecular flexibility index (Phi) is 2.29. The van der Waals surface area contributed by atoms with Gasteiger partial charge in [0.25, 0.3) is 0 Å². The fourth-order valence-electron chi connectivity index (χ4n) is 1.40. The van der Waals surface area contributed by atoms with Gasteiger partial charge in [0.1, 0.15) is 0 Å². The molecule has 2 atom stereocenters. The molecule has 0 radical (unpaired) electrons. The molecule has 0 aliphatic heterocycles. The summed E-state index contributed by atoms with van der Waals surface area (Å²) in [6, 6.07) is 2.18. The molecule has 70 valence electrons. The summed E-state index contributed by atoms with van der Waals surface area (Å²) < 4.78 is 1.10. The molecule has 13 heavy (non-hydrogen) atoms. The minimum Gasteiger partial charge on any atom is -0.465 e. The number of halogens is 1. The zero-order chi connectivity index (χ0) is 9.42. The van der Waals surface area contributed by atoms with Crippen molar-refractivity contribution in [1.82, 2.24) is 5.32 Å². The lowest BCUT2D eigenvalue weighted by atomic mass is 10.2. The summed E-state index contributed by atoms with van der Waals surface area (Å²) in [6.07, 6.45) is -0.00283. The predicted octanol–water partition coefficient (Wildman–Crippen LogP) is 2.63. The summed E-state index contributed by atoms with van der Waals surface area (Å²) in [5.74, 6) is 0.388. The van der Waals surface area contributed by atoms with Gasteiger partial charge in [0, 0.05) is 12.0 Å². The molecular formula is C8H8BrNO2S. The lowest BCUT2D eigenvalue weighted by Gasteiger charge is -1.96. The molecular weight excluding hydrogens is 254 g/mol. The Balaban J connectivity index is 1.96. The lowest BCUT2D eigenvalue weighted by molar-refractivity contribution is 0.193. The number of amides is 1. The number of hydrogen-bond donors (Lipinski definition) is 2. The van der Waals surface area contributed by atoms with Crippen LogP contribution in [0.15, 0.2) is 15.2 Å². The molecule has 0 saturated heterocycles. The van der Waals surface area contributed by atoms with Gasteiger partial charge in [-0.3, -0.25) is 0 Å². The Morgan fingerprint density at radius 2 is 2.54 bits per heavy atom. The number of thiophene rings is 1. The summed E-state index contributed by atoms with van der Waals surface area (Å²) in [7, 11) is 0. The van der Waals surface area contributed by atoms with Crippen molar-refractivity contribution in [3.05, 3.63) is 20.8 Å². The highest BCUT2D eigenvalue weighted by atomic mass is 79.9. The van der Waals surface area contributed by atoms with Crippen LogP contribution in [0.1, 0.15) is 17.9 Å². The molecule has 0 aromatic carbocycles. The molecule has 2 rings (SSSR count). The summed E-state index contributed by atoms with van der Waals surface area (Å²) in [6.45, 7) is 0. The van der Waals surface area contributed by atoms with E-state index in [2.05, 4.69) is 32.7 Å². The number of carbonyl (C=O) groups is 1. The van der Waals surface area contributed by atoms with Gasteiger partial charge in [0.15, 0.2) is 0 Å². The van der Waals surface area contributed by atoms with E-state index in [4.69, 9.17) is 5.11 Å². The lowest BCUT2D eigenvalue weighted by Crippen LogP contribution is -2.23. The maximum atomic E-state index is 10.3. The number of carboxylic acid groups (broad SMARTS) is 1. The van der Waals surface area contributed by atoms with E-state index in [9.17, 15) is 4.79 Å². The quantitative estimate of drug-likeness (QED) is 0.860. The van der Waals surface area contributed by atoms with E-state index in [0.29, 0.717) is 5.92 Å². The third-order valence-electron chi connectivity index (χ3n) is 2.12. The van der Waals surface area contributed by atoms with Crippen LogP contribution in [0, 0.1) is 0 Å². The Labute approximate surface area is 87.9 Å². The van der Waals surface area contributed by atoms with Crippen LogP contribution in [0.5, 0.6) is 0 Å². The number of nitrogens with one attached hydrogen (secondary N) is 1. The van der Waals surface area contributed by atoms with E-state index in [0.717, 1.165) is 10.2 Å². The topological polar surface area (TPSA) is 49.3 Å². The minimum absolute atomic E-state index is 0.124. The first-order valence-corrected chi connectivity index (χ1v) is 5.57. The molecule has 1 aliphatic carbocycles. The highest BCUT2D eigenvalue weighted by molar-refractivity contribution is 9.11. The van der Waals surface area contributed by atoms with Crippen molar-refractivity contribution in [2.45, 2.75) is 18.4 Å². The predicted molar refractivity (Wildman–Crippen MR) is 54.3 cm³/mol. The van der Waals surface area contributed by atoms with Crippen LogP contribution < -0.4 is 5.32 Å². The van der Waals surface area contributed by atoms with E-state index in [1.165, 1.54) is 5.56 Å². The van der Waals surface area contributed by atoms with E-state index in [-0.39, 0.29) is 6.04 Å².